The third kappa shape index (κ3) is 5.92. The zero-order chi connectivity index (χ0) is 16.0. The van der Waals surface area contributed by atoms with Crippen LogP contribution in [-0.2, 0) is 16.6 Å². The molecule has 1 rings (SSSR count). The van der Waals surface area contributed by atoms with Crippen molar-refractivity contribution < 1.29 is 8.42 Å². The largest absolute Gasteiger partial charge is 0.316 e. The highest BCUT2D eigenvalue weighted by atomic mass is 35.5. The van der Waals surface area contributed by atoms with Crippen LogP contribution in [0, 0.1) is 0 Å². The summed E-state index contributed by atoms with van der Waals surface area (Å²) in [5.74, 6) is 0. The molecule has 0 aliphatic heterocycles. The summed E-state index contributed by atoms with van der Waals surface area (Å²) in [6.07, 6.45) is 0.736. The fourth-order valence-electron chi connectivity index (χ4n) is 1.91. The molecule has 0 bridgehead atoms. The Balaban J connectivity index is 2.89. The third-order valence-electron chi connectivity index (χ3n) is 3.03. The molecule has 7 heteroatoms. The number of nitrogens with zero attached hydrogens (tertiary/aromatic N) is 1. The lowest BCUT2D eigenvalue weighted by atomic mass is 10.2. The van der Waals surface area contributed by atoms with Gasteiger partial charge in [-0.25, -0.2) is 13.1 Å². The number of halogens is 1. The van der Waals surface area contributed by atoms with Crippen molar-refractivity contribution in [1.82, 2.24) is 14.9 Å². The van der Waals surface area contributed by atoms with E-state index in [1.807, 2.05) is 39.0 Å². The minimum absolute atomic E-state index is 0.133. The molecule has 1 aromatic rings. The molecular formula is C14H24ClN3O2S. The van der Waals surface area contributed by atoms with Crippen LogP contribution in [0.15, 0.2) is 23.1 Å². The molecular weight excluding hydrogens is 310 g/mol. The highest BCUT2D eigenvalue weighted by molar-refractivity contribution is 7.89. The summed E-state index contributed by atoms with van der Waals surface area (Å²) < 4.78 is 27.5. The van der Waals surface area contributed by atoms with E-state index in [4.69, 9.17) is 11.6 Å². The summed E-state index contributed by atoms with van der Waals surface area (Å²) in [5.41, 5.74) is 0.878. The maximum atomic E-state index is 12.4. The van der Waals surface area contributed by atoms with Gasteiger partial charge in [0, 0.05) is 12.6 Å². The molecule has 120 valence electrons. The first-order valence-electron chi connectivity index (χ1n) is 6.86. The first-order chi connectivity index (χ1) is 9.76. The van der Waals surface area contributed by atoms with Gasteiger partial charge in [-0.05, 0) is 58.7 Å². The van der Waals surface area contributed by atoms with Crippen LogP contribution in [-0.4, -0.2) is 47.0 Å². The summed E-state index contributed by atoms with van der Waals surface area (Å²) in [6.45, 7) is 3.26. The average molecular weight is 334 g/mol. The number of nitrogens with one attached hydrogen (secondary N) is 2. The van der Waals surface area contributed by atoms with Gasteiger partial charge in [0.15, 0.2) is 0 Å². The minimum atomic E-state index is -3.61. The zero-order valence-corrected chi connectivity index (χ0v) is 14.6. The van der Waals surface area contributed by atoms with Gasteiger partial charge in [-0.2, -0.15) is 0 Å². The van der Waals surface area contributed by atoms with Crippen LogP contribution in [0.3, 0.4) is 0 Å². The lowest BCUT2D eigenvalue weighted by Crippen LogP contribution is -2.35. The van der Waals surface area contributed by atoms with Crippen molar-refractivity contribution in [2.45, 2.75) is 30.8 Å². The highest BCUT2D eigenvalue weighted by Crippen LogP contribution is 2.23. The number of hydrogen-bond donors (Lipinski definition) is 2. The van der Waals surface area contributed by atoms with Crippen molar-refractivity contribution in [2.75, 3.05) is 27.7 Å². The van der Waals surface area contributed by atoms with Gasteiger partial charge < -0.3 is 10.2 Å². The van der Waals surface area contributed by atoms with Crippen LogP contribution in [0.4, 0.5) is 0 Å². The Hall–Kier alpha value is -0.660. The number of hydrogen-bond acceptors (Lipinski definition) is 4. The summed E-state index contributed by atoms with van der Waals surface area (Å²) in [4.78, 5) is 2.15. The molecule has 0 heterocycles. The maximum absolute atomic E-state index is 12.4. The zero-order valence-electron chi connectivity index (χ0n) is 13.0. The summed E-state index contributed by atoms with van der Waals surface area (Å²) in [5, 5.41) is 3.23. The van der Waals surface area contributed by atoms with E-state index in [-0.39, 0.29) is 16.0 Å². The quantitative estimate of drug-likeness (QED) is 0.760. The van der Waals surface area contributed by atoms with Crippen LogP contribution < -0.4 is 10.0 Å². The summed E-state index contributed by atoms with van der Waals surface area (Å²) in [7, 11) is 2.12. The first kappa shape index (κ1) is 18.4. The predicted octanol–water partition coefficient (Wildman–Crippen LogP) is 1.68. The molecule has 0 aliphatic rings. The molecule has 0 aromatic heterocycles. The van der Waals surface area contributed by atoms with E-state index in [2.05, 4.69) is 10.0 Å². The standard InChI is InChI=1S/C14H24ClN3O2S/c1-11(7-8-18(3)4)17-21(19,20)14-9-12(10-16-2)5-6-13(14)15/h5-6,9,11,16-17H,7-8,10H2,1-4H3. The second-order valence-corrected chi connectivity index (χ2v) is 7.50. The Labute approximate surface area is 132 Å². The molecule has 0 saturated carbocycles. The van der Waals surface area contributed by atoms with Crippen LogP contribution in [0.5, 0.6) is 0 Å². The Morgan fingerprint density at radius 3 is 2.57 bits per heavy atom. The molecule has 1 atom stereocenters. The predicted molar refractivity (Wildman–Crippen MR) is 87.2 cm³/mol. The SMILES string of the molecule is CNCc1ccc(Cl)c(S(=O)(=O)NC(C)CCN(C)C)c1. The second-order valence-electron chi connectivity index (χ2n) is 5.41. The van der Waals surface area contributed by atoms with E-state index in [1.165, 1.54) is 0 Å². The molecule has 0 spiro atoms. The van der Waals surface area contributed by atoms with Gasteiger partial charge in [0.05, 0.1) is 5.02 Å². The highest BCUT2D eigenvalue weighted by Gasteiger charge is 2.20. The smallest absolute Gasteiger partial charge is 0.242 e. The van der Waals surface area contributed by atoms with E-state index in [9.17, 15) is 8.42 Å². The van der Waals surface area contributed by atoms with Gasteiger partial charge in [-0.1, -0.05) is 17.7 Å². The third-order valence-corrected chi connectivity index (χ3v) is 5.10. The van der Waals surface area contributed by atoms with Crippen LogP contribution >= 0.6 is 11.6 Å². The van der Waals surface area contributed by atoms with Crippen molar-refractivity contribution in [1.29, 1.82) is 0 Å². The average Bonchev–Trinajstić information content (AvgIpc) is 2.38. The van der Waals surface area contributed by atoms with Gasteiger partial charge in [0.25, 0.3) is 0 Å². The van der Waals surface area contributed by atoms with E-state index in [0.717, 1.165) is 18.5 Å². The Kier molecular flexibility index (Phi) is 7.09. The fourth-order valence-corrected chi connectivity index (χ4v) is 3.73. The number of rotatable bonds is 8. The van der Waals surface area contributed by atoms with Crippen LogP contribution in [0.1, 0.15) is 18.9 Å². The molecule has 0 fully saturated rings. The molecule has 0 aliphatic carbocycles. The van der Waals surface area contributed by atoms with Crippen molar-refractivity contribution in [3.8, 4) is 0 Å². The topological polar surface area (TPSA) is 61.4 Å². The van der Waals surface area contributed by atoms with E-state index in [1.54, 1.807) is 12.1 Å². The van der Waals surface area contributed by atoms with E-state index >= 15 is 0 Å². The van der Waals surface area contributed by atoms with Crippen molar-refractivity contribution in [2.24, 2.45) is 0 Å². The molecule has 1 aromatic carbocycles. The van der Waals surface area contributed by atoms with Gasteiger partial charge in [-0.15, -0.1) is 0 Å². The molecule has 2 N–H and O–H groups in total. The second kappa shape index (κ2) is 8.10. The lowest BCUT2D eigenvalue weighted by molar-refractivity contribution is 0.379. The van der Waals surface area contributed by atoms with Crippen molar-refractivity contribution in [3.63, 3.8) is 0 Å². The summed E-state index contributed by atoms with van der Waals surface area (Å²) in [6, 6.07) is 4.89. The van der Waals surface area contributed by atoms with Crippen LogP contribution in [0.2, 0.25) is 5.02 Å². The Bertz CT molecular complexity index is 561. The molecule has 21 heavy (non-hydrogen) atoms. The first-order valence-corrected chi connectivity index (χ1v) is 8.72. The number of benzene rings is 1. The minimum Gasteiger partial charge on any atom is -0.316 e. The molecule has 0 amide bonds. The van der Waals surface area contributed by atoms with E-state index in [0.29, 0.717) is 6.54 Å². The van der Waals surface area contributed by atoms with Crippen molar-refractivity contribution >= 4 is 21.6 Å². The molecule has 0 radical (unpaired) electrons. The van der Waals surface area contributed by atoms with Gasteiger partial charge in [-0.3, -0.25) is 0 Å². The number of sulfonamides is 1. The Morgan fingerprint density at radius 2 is 2.00 bits per heavy atom. The summed E-state index contributed by atoms with van der Waals surface area (Å²) >= 11 is 6.04. The van der Waals surface area contributed by atoms with E-state index < -0.39 is 10.0 Å². The molecule has 1 unspecified atom stereocenters. The lowest BCUT2D eigenvalue weighted by Gasteiger charge is -2.17. The van der Waals surface area contributed by atoms with Gasteiger partial charge in [0.2, 0.25) is 10.0 Å². The molecule has 5 nitrogen and oxygen atoms in total. The fraction of sp³-hybridized carbons (Fsp3) is 0.571. The van der Waals surface area contributed by atoms with Gasteiger partial charge >= 0.3 is 0 Å². The van der Waals surface area contributed by atoms with Crippen LogP contribution in [0.25, 0.3) is 0 Å². The normalized spacial score (nSPS) is 13.6. The Morgan fingerprint density at radius 1 is 1.33 bits per heavy atom. The molecule has 0 saturated heterocycles. The van der Waals surface area contributed by atoms with Gasteiger partial charge in [0.1, 0.15) is 4.90 Å². The monoisotopic (exact) mass is 333 g/mol. The maximum Gasteiger partial charge on any atom is 0.242 e. The van der Waals surface area contributed by atoms with Crippen molar-refractivity contribution in [3.05, 3.63) is 28.8 Å².